The molecule has 14 heavy (non-hydrogen) atoms. The van der Waals surface area contributed by atoms with Gasteiger partial charge in [0.1, 0.15) is 0 Å². The van der Waals surface area contributed by atoms with Gasteiger partial charge in [-0.05, 0) is 36.6 Å². The molecule has 1 aliphatic carbocycles. The second-order valence-corrected chi connectivity index (χ2v) is 5.48. The van der Waals surface area contributed by atoms with E-state index in [1.165, 1.54) is 17.7 Å². The van der Waals surface area contributed by atoms with Crippen LogP contribution in [0.1, 0.15) is 17.7 Å². The van der Waals surface area contributed by atoms with Crippen molar-refractivity contribution >= 4 is 22.9 Å². The molecule has 1 nitrogen and oxygen atoms in total. The molecule has 1 atom stereocenters. The van der Waals surface area contributed by atoms with Gasteiger partial charge in [0.15, 0.2) is 0 Å². The Bertz CT molecular complexity index is 256. The van der Waals surface area contributed by atoms with Crippen molar-refractivity contribution in [3.63, 3.8) is 0 Å². The van der Waals surface area contributed by atoms with Crippen LogP contribution in [0, 0.1) is 5.92 Å². The van der Waals surface area contributed by atoms with Crippen LogP contribution in [0.3, 0.4) is 0 Å². The molecule has 0 aliphatic heterocycles. The van der Waals surface area contributed by atoms with Crippen molar-refractivity contribution in [2.24, 2.45) is 5.92 Å². The minimum absolute atomic E-state index is 0.360. The Labute approximate surface area is 94.5 Å². The predicted octanol–water partition coefficient (Wildman–Crippen LogP) is 2.90. The van der Waals surface area contributed by atoms with Crippen LogP contribution in [-0.2, 0) is 6.42 Å². The molecule has 1 N–H and O–H groups in total. The summed E-state index contributed by atoms with van der Waals surface area (Å²) in [5.41, 5.74) is 0. The van der Waals surface area contributed by atoms with Crippen LogP contribution in [0.25, 0.3) is 0 Å². The highest BCUT2D eigenvalue weighted by atomic mass is 35.5. The van der Waals surface area contributed by atoms with E-state index in [1.54, 1.807) is 0 Å². The van der Waals surface area contributed by atoms with E-state index >= 15 is 0 Å². The van der Waals surface area contributed by atoms with Gasteiger partial charge in [0.05, 0.1) is 0 Å². The van der Waals surface area contributed by atoms with E-state index in [-0.39, 0.29) is 0 Å². The molecular weight excluding hydrogens is 214 g/mol. The van der Waals surface area contributed by atoms with E-state index in [4.69, 9.17) is 11.6 Å². The second-order valence-electron chi connectivity index (χ2n) is 3.89. The number of nitrogens with one attached hydrogen (secondary N) is 1. The van der Waals surface area contributed by atoms with Gasteiger partial charge in [-0.3, -0.25) is 0 Å². The fourth-order valence-corrected chi connectivity index (χ4v) is 2.60. The van der Waals surface area contributed by atoms with Crippen LogP contribution in [0.4, 0.5) is 0 Å². The fraction of sp³-hybridized carbons (Fsp3) is 0.636. The van der Waals surface area contributed by atoms with E-state index < -0.39 is 0 Å². The zero-order valence-electron chi connectivity index (χ0n) is 8.21. The van der Waals surface area contributed by atoms with Gasteiger partial charge in [0.25, 0.3) is 0 Å². The summed E-state index contributed by atoms with van der Waals surface area (Å²) in [6.45, 7) is 2.02. The van der Waals surface area contributed by atoms with Gasteiger partial charge < -0.3 is 5.32 Å². The number of hydrogen-bond donors (Lipinski definition) is 1. The summed E-state index contributed by atoms with van der Waals surface area (Å²) in [6, 6.07) is 4.29. The molecule has 1 aromatic rings. The van der Waals surface area contributed by atoms with Gasteiger partial charge in [-0.25, -0.2) is 0 Å². The molecule has 0 spiro atoms. The third kappa shape index (κ3) is 3.26. The normalized spacial score (nSPS) is 18.4. The van der Waals surface area contributed by atoms with Crippen molar-refractivity contribution in [2.45, 2.75) is 24.6 Å². The lowest BCUT2D eigenvalue weighted by Crippen LogP contribution is -2.26. The minimum Gasteiger partial charge on any atom is -0.315 e. The van der Waals surface area contributed by atoms with Crippen LogP contribution >= 0.6 is 22.9 Å². The zero-order valence-corrected chi connectivity index (χ0v) is 9.78. The molecule has 2 rings (SSSR count). The quantitative estimate of drug-likeness (QED) is 0.584. The Balaban J connectivity index is 1.54. The maximum atomic E-state index is 6.18. The SMILES string of the molecule is ClC(CNCCc1cccs1)C1CC1. The summed E-state index contributed by atoms with van der Waals surface area (Å²) in [6.07, 6.45) is 3.80. The van der Waals surface area contributed by atoms with Crippen molar-refractivity contribution in [1.29, 1.82) is 0 Å². The van der Waals surface area contributed by atoms with Crippen molar-refractivity contribution in [3.8, 4) is 0 Å². The Kier molecular flexibility index (Phi) is 3.85. The van der Waals surface area contributed by atoms with E-state index in [2.05, 4.69) is 22.8 Å². The lowest BCUT2D eigenvalue weighted by molar-refractivity contribution is 0.621. The standard InChI is InChI=1S/C11H16ClNS/c12-11(9-3-4-9)8-13-6-5-10-2-1-7-14-10/h1-2,7,9,11,13H,3-6,8H2. The average Bonchev–Trinajstić information content (AvgIpc) is 2.92. The molecule has 1 aromatic heterocycles. The molecule has 0 radical (unpaired) electrons. The lowest BCUT2D eigenvalue weighted by atomic mass is 10.3. The molecular formula is C11H16ClNS. The lowest BCUT2D eigenvalue weighted by Gasteiger charge is -2.08. The van der Waals surface area contributed by atoms with E-state index in [0.717, 1.165) is 25.4 Å². The molecule has 0 bridgehead atoms. The van der Waals surface area contributed by atoms with Crippen LogP contribution in [-0.4, -0.2) is 18.5 Å². The maximum Gasteiger partial charge on any atom is 0.0488 e. The second kappa shape index (κ2) is 5.15. The first kappa shape index (κ1) is 10.5. The maximum absolute atomic E-state index is 6.18. The minimum atomic E-state index is 0.360. The van der Waals surface area contributed by atoms with Gasteiger partial charge in [-0.2, -0.15) is 0 Å². The molecule has 1 fully saturated rings. The summed E-state index contributed by atoms with van der Waals surface area (Å²) >= 11 is 8.01. The van der Waals surface area contributed by atoms with Gasteiger partial charge >= 0.3 is 0 Å². The molecule has 1 aliphatic rings. The van der Waals surface area contributed by atoms with E-state index in [1.807, 2.05) is 11.3 Å². The topological polar surface area (TPSA) is 12.0 Å². The summed E-state index contributed by atoms with van der Waals surface area (Å²) in [7, 11) is 0. The first-order valence-corrected chi connectivity index (χ1v) is 6.55. The largest absolute Gasteiger partial charge is 0.315 e. The Morgan fingerprint density at radius 3 is 3.07 bits per heavy atom. The number of halogens is 1. The molecule has 1 unspecified atom stereocenters. The highest BCUT2D eigenvalue weighted by Gasteiger charge is 2.28. The summed E-state index contributed by atoms with van der Waals surface area (Å²) in [5, 5.41) is 5.91. The highest BCUT2D eigenvalue weighted by molar-refractivity contribution is 7.09. The summed E-state index contributed by atoms with van der Waals surface area (Å²) < 4.78 is 0. The summed E-state index contributed by atoms with van der Waals surface area (Å²) in [4.78, 5) is 1.45. The molecule has 78 valence electrons. The highest BCUT2D eigenvalue weighted by Crippen LogP contribution is 2.35. The average molecular weight is 230 g/mol. The van der Waals surface area contributed by atoms with Crippen molar-refractivity contribution < 1.29 is 0 Å². The smallest absolute Gasteiger partial charge is 0.0488 e. The van der Waals surface area contributed by atoms with Crippen molar-refractivity contribution in [3.05, 3.63) is 22.4 Å². The van der Waals surface area contributed by atoms with Crippen LogP contribution in [0.2, 0.25) is 0 Å². The molecule has 0 aromatic carbocycles. The molecule has 1 saturated carbocycles. The number of thiophene rings is 1. The Hall–Kier alpha value is -0.0500. The molecule has 0 amide bonds. The molecule has 3 heteroatoms. The van der Waals surface area contributed by atoms with Crippen LogP contribution in [0.5, 0.6) is 0 Å². The number of rotatable bonds is 6. The monoisotopic (exact) mass is 229 g/mol. The van der Waals surface area contributed by atoms with Gasteiger partial charge in [0, 0.05) is 23.3 Å². The first-order valence-electron chi connectivity index (χ1n) is 5.23. The zero-order chi connectivity index (χ0) is 9.80. The van der Waals surface area contributed by atoms with Crippen LogP contribution in [0.15, 0.2) is 17.5 Å². The third-order valence-electron chi connectivity index (χ3n) is 2.60. The van der Waals surface area contributed by atoms with E-state index in [0.29, 0.717) is 5.38 Å². The molecule has 1 heterocycles. The van der Waals surface area contributed by atoms with Gasteiger partial charge in [0.2, 0.25) is 0 Å². The van der Waals surface area contributed by atoms with Crippen molar-refractivity contribution in [1.82, 2.24) is 5.32 Å². The van der Waals surface area contributed by atoms with Gasteiger partial charge in [-0.1, -0.05) is 6.07 Å². The number of alkyl halides is 1. The van der Waals surface area contributed by atoms with Gasteiger partial charge in [-0.15, -0.1) is 22.9 Å². The third-order valence-corrected chi connectivity index (χ3v) is 4.05. The van der Waals surface area contributed by atoms with Crippen LogP contribution < -0.4 is 5.32 Å². The summed E-state index contributed by atoms with van der Waals surface area (Å²) in [5.74, 6) is 0.797. The van der Waals surface area contributed by atoms with E-state index in [9.17, 15) is 0 Å². The Morgan fingerprint density at radius 1 is 1.57 bits per heavy atom. The fourth-order valence-electron chi connectivity index (χ4n) is 1.53. The molecule has 0 saturated heterocycles. The number of hydrogen-bond acceptors (Lipinski definition) is 2. The van der Waals surface area contributed by atoms with Crippen molar-refractivity contribution in [2.75, 3.05) is 13.1 Å². The Morgan fingerprint density at radius 2 is 2.43 bits per heavy atom. The first-order chi connectivity index (χ1) is 6.86. The predicted molar refractivity (Wildman–Crippen MR) is 63.3 cm³/mol.